The van der Waals surface area contributed by atoms with E-state index in [1.807, 2.05) is 30.3 Å². The topological polar surface area (TPSA) is 73.1 Å². The summed E-state index contributed by atoms with van der Waals surface area (Å²) in [4.78, 5) is 34.8. The van der Waals surface area contributed by atoms with Crippen molar-refractivity contribution in [3.8, 4) is 5.75 Å². The molecule has 2 aliphatic heterocycles. The monoisotopic (exact) mass is 531 g/mol. The molecule has 2 aromatic carbocycles. The van der Waals surface area contributed by atoms with Crippen molar-refractivity contribution in [3.63, 3.8) is 0 Å². The predicted molar refractivity (Wildman–Crippen MR) is 151 cm³/mol. The molecule has 5 rings (SSSR count). The van der Waals surface area contributed by atoms with Crippen LogP contribution in [0.3, 0.4) is 0 Å². The first kappa shape index (κ1) is 26.0. The summed E-state index contributed by atoms with van der Waals surface area (Å²) >= 11 is 1.34. The summed E-state index contributed by atoms with van der Waals surface area (Å²) in [5, 5.41) is 0. The molecule has 8 heteroatoms. The standard InChI is InChI=1S/C30H33N3O4S/c1-18(2)37-29(35)26-20(4)31-30-33(27(26)22-9-8-10-24(16-22)36-5)28(34)25(38-30)17-21-11-12-23(15-19(21)3)32-13-6-7-14-32/h8-12,15-18,27H,6-7,13-14H2,1-5H3/b25-17-/t27-/m1/s1. The summed E-state index contributed by atoms with van der Waals surface area (Å²) in [7, 11) is 1.59. The summed E-state index contributed by atoms with van der Waals surface area (Å²) in [6.45, 7) is 9.65. The molecule has 2 aliphatic rings. The van der Waals surface area contributed by atoms with Crippen LogP contribution < -0.4 is 24.5 Å². The second kappa shape index (κ2) is 10.6. The van der Waals surface area contributed by atoms with Gasteiger partial charge in [-0.05, 0) is 87.6 Å². The number of fused-ring (bicyclic) bond motifs is 1. The zero-order valence-corrected chi connectivity index (χ0v) is 23.3. The maximum atomic E-state index is 13.9. The molecule has 0 spiro atoms. The fourth-order valence-electron chi connectivity index (χ4n) is 5.12. The SMILES string of the molecule is COc1cccc([C@@H]2C(C(=O)OC(C)C)=C(C)N=c3s/c(=C\c4ccc(N5CCCC5)cc4C)c(=O)n32)c1. The van der Waals surface area contributed by atoms with Crippen LogP contribution in [0.2, 0.25) is 0 Å². The van der Waals surface area contributed by atoms with Gasteiger partial charge in [-0.3, -0.25) is 9.36 Å². The highest BCUT2D eigenvalue weighted by molar-refractivity contribution is 7.07. The Bertz CT molecular complexity index is 1590. The fourth-order valence-corrected chi connectivity index (χ4v) is 6.16. The highest BCUT2D eigenvalue weighted by Gasteiger charge is 2.34. The van der Waals surface area contributed by atoms with Gasteiger partial charge in [-0.25, -0.2) is 9.79 Å². The van der Waals surface area contributed by atoms with Crippen molar-refractivity contribution < 1.29 is 14.3 Å². The van der Waals surface area contributed by atoms with Crippen molar-refractivity contribution >= 4 is 29.1 Å². The van der Waals surface area contributed by atoms with Crippen molar-refractivity contribution in [2.45, 2.75) is 52.7 Å². The Kier molecular flexibility index (Phi) is 7.25. The Labute approximate surface area is 226 Å². The third-order valence-corrected chi connectivity index (χ3v) is 7.99. The Morgan fingerprint density at radius 3 is 2.58 bits per heavy atom. The van der Waals surface area contributed by atoms with E-state index >= 15 is 0 Å². The van der Waals surface area contributed by atoms with Gasteiger partial charge >= 0.3 is 5.97 Å². The first-order valence-electron chi connectivity index (χ1n) is 13.0. The summed E-state index contributed by atoms with van der Waals surface area (Å²) in [6, 6.07) is 13.2. The average molecular weight is 532 g/mol. The number of thiazole rings is 1. The molecule has 1 aromatic heterocycles. The molecule has 0 bridgehead atoms. The number of aromatic nitrogens is 1. The minimum absolute atomic E-state index is 0.188. The number of methoxy groups -OCH3 is 1. The molecule has 1 fully saturated rings. The predicted octanol–water partition coefficient (Wildman–Crippen LogP) is 4.10. The van der Waals surface area contributed by atoms with Gasteiger partial charge in [-0.2, -0.15) is 0 Å². The van der Waals surface area contributed by atoms with Gasteiger partial charge in [0.2, 0.25) is 0 Å². The van der Waals surface area contributed by atoms with Crippen LogP contribution in [0.1, 0.15) is 56.3 Å². The van der Waals surface area contributed by atoms with E-state index in [1.165, 1.54) is 29.9 Å². The maximum Gasteiger partial charge on any atom is 0.338 e. The van der Waals surface area contributed by atoms with E-state index in [0.717, 1.165) is 29.8 Å². The lowest BCUT2D eigenvalue weighted by Crippen LogP contribution is -2.40. The smallest absolute Gasteiger partial charge is 0.338 e. The van der Waals surface area contributed by atoms with Crippen LogP contribution in [0.4, 0.5) is 5.69 Å². The number of anilines is 1. The Balaban J connectivity index is 1.64. The maximum absolute atomic E-state index is 13.9. The summed E-state index contributed by atoms with van der Waals surface area (Å²) < 4.78 is 13.2. The molecule has 0 N–H and O–H groups in total. The van der Waals surface area contributed by atoms with E-state index in [1.54, 1.807) is 32.4 Å². The molecule has 7 nitrogen and oxygen atoms in total. The van der Waals surface area contributed by atoms with E-state index in [-0.39, 0.29) is 11.7 Å². The number of ether oxygens (including phenoxy) is 2. The number of hydrogen-bond donors (Lipinski definition) is 0. The van der Waals surface area contributed by atoms with E-state index in [2.05, 4.69) is 35.0 Å². The lowest BCUT2D eigenvalue weighted by atomic mass is 9.95. The second-order valence-corrected chi connectivity index (χ2v) is 11.1. The van der Waals surface area contributed by atoms with Gasteiger partial charge in [-0.1, -0.05) is 29.5 Å². The Morgan fingerprint density at radius 2 is 1.89 bits per heavy atom. The van der Waals surface area contributed by atoms with Gasteiger partial charge in [0.05, 0.1) is 35.1 Å². The molecule has 0 unspecified atom stereocenters. The number of aryl methyl sites for hydroxylation is 1. The normalized spacial score (nSPS) is 17.6. The van der Waals surface area contributed by atoms with Crippen LogP contribution in [0.15, 0.2) is 63.5 Å². The summed E-state index contributed by atoms with van der Waals surface area (Å²) in [6.07, 6.45) is 4.08. The van der Waals surface area contributed by atoms with Crippen molar-refractivity contribution in [1.82, 2.24) is 4.57 Å². The lowest BCUT2D eigenvalue weighted by molar-refractivity contribution is -0.143. The van der Waals surface area contributed by atoms with Gasteiger partial charge in [0, 0.05) is 18.8 Å². The third kappa shape index (κ3) is 4.92. The van der Waals surface area contributed by atoms with Crippen molar-refractivity contribution in [2.75, 3.05) is 25.1 Å². The van der Waals surface area contributed by atoms with Crippen LogP contribution in [-0.4, -0.2) is 36.8 Å². The number of allylic oxidation sites excluding steroid dienone is 1. The molecule has 1 saturated heterocycles. The van der Waals surface area contributed by atoms with E-state index in [4.69, 9.17) is 9.47 Å². The van der Waals surface area contributed by atoms with Crippen LogP contribution in [0.25, 0.3) is 6.08 Å². The van der Waals surface area contributed by atoms with Gasteiger partial charge < -0.3 is 14.4 Å². The molecule has 0 aliphatic carbocycles. The van der Waals surface area contributed by atoms with Crippen LogP contribution in [0, 0.1) is 6.92 Å². The number of carbonyl (C=O) groups is 1. The van der Waals surface area contributed by atoms with Crippen molar-refractivity contribution in [3.05, 3.63) is 90.1 Å². The molecule has 0 amide bonds. The molecule has 3 aromatic rings. The highest BCUT2D eigenvalue weighted by Crippen LogP contribution is 2.32. The zero-order valence-electron chi connectivity index (χ0n) is 22.5. The Morgan fingerprint density at radius 1 is 1.13 bits per heavy atom. The lowest BCUT2D eigenvalue weighted by Gasteiger charge is -2.25. The van der Waals surface area contributed by atoms with Crippen LogP contribution in [0.5, 0.6) is 5.75 Å². The van der Waals surface area contributed by atoms with Crippen molar-refractivity contribution in [1.29, 1.82) is 0 Å². The second-order valence-electron chi connectivity index (χ2n) is 10.0. The molecule has 198 valence electrons. The number of carbonyl (C=O) groups excluding carboxylic acids is 1. The van der Waals surface area contributed by atoms with Crippen LogP contribution >= 0.6 is 11.3 Å². The number of rotatable bonds is 6. The van der Waals surface area contributed by atoms with Crippen molar-refractivity contribution in [2.24, 2.45) is 4.99 Å². The fraction of sp³-hybridized carbons (Fsp3) is 0.367. The minimum Gasteiger partial charge on any atom is -0.497 e. The van der Waals surface area contributed by atoms with Gasteiger partial charge in [0.15, 0.2) is 4.80 Å². The molecule has 0 radical (unpaired) electrons. The third-order valence-electron chi connectivity index (χ3n) is 7.01. The highest BCUT2D eigenvalue weighted by atomic mass is 32.1. The average Bonchev–Trinajstić information content (AvgIpc) is 3.52. The first-order valence-corrected chi connectivity index (χ1v) is 13.8. The molecule has 0 saturated carbocycles. The summed E-state index contributed by atoms with van der Waals surface area (Å²) in [5.74, 6) is 0.168. The number of nitrogens with zero attached hydrogens (tertiary/aromatic N) is 3. The van der Waals surface area contributed by atoms with Gasteiger partial charge in [0.1, 0.15) is 5.75 Å². The Hall–Kier alpha value is -3.65. The summed E-state index contributed by atoms with van der Waals surface area (Å²) in [5.41, 5.74) is 4.80. The number of hydrogen-bond acceptors (Lipinski definition) is 7. The van der Waals surface area contributed by atoms with Gasteiger partial charge in [0.25, 0.3) is 5.56 Å². The molecular formula is C30H33N3O4S. The van der Waals surface area contributed by atoms with E-state index < -0.39 is 12.0 Å². The van der Waals surface area contributed by atoms with E-state index in [9.17, 15) is 9.59 Å². The number of esters is 1. The molecule has 1 atom stereocenters. The molecule has 38 heavy (non-hydrogen) atoms. The molecule has 3 heterocycles. The minimum atomic E-state index is -0.673. The largest absolute Gasteiger partial charge is 0.497 e. The number of benzene rings is 2. The first-order chi connectivity index (χ1) is 18.3. The van der Waals surface area contributed by atoms with Gasteiger partial charge in [-0.15, -0.1) is 0 Å². The zero-order chi connectivity index (χ0) is 27.0. The van der Waals surface area contributed by atoms with Crippen LogP contribution in [-0.2, 0) is 9.53 Å². The molecular weight excluding hydrogens is 498 g/mol. The van der Waals surface area contributed by atoms with E-state index in [0.29, 0.717) is 26.4 Å². The quantitative estimate of drug-likeness (QED) is 0.448.